The Bertz CT molecular complexity index is 1490. The van der Waals surface area contributed by atoms with Crippen LogP contribution in [0.2, 0.25) is 0 Å². The van der Waals surface area contributed by atoms with Crippen LogP contribution < -0.4 is 19.5 Å². The van der Waals surface area contributed by atoms with Crippen molar-refractivity contribution in [3.63, 3.8) is 0 Å². The largest absolute Gasteiger partial charge is 0.495 e. The Hall–Kier alpha value is -3.64. The SMILES string of the molecule is COc1ccccc1NC(=O)N1CCC2(CC1)COc1cc(-c3ccccc3)ccc1S(=O)(=O)NCC(O)CN(C)C2. The molecular weight excluding hydrogens is 556 g/mol. The van der Waals surface area contributed by atoms with Crippen LogP contribution in [0.4, 0.5) is 10.5 Å². The summed E-state index contributed by atoms with van der Waals surface area (Å²) in [6.07, 6.45) is 0.401. The molecule has 5 rings (SSSR count). The van der Waals surface area contributed by atoms with Gasteiger partial charge in [0.2, 0.25) is 10.0 Å². The number of nitrogens with zero attached hydrogens (tertiary/aromatic N) is 2. The molecule has 1 unspecified atom stereocenters. The lowest BCUT2D eigenvalue weighted by Gasteiger charge is -2.44. The molecule has 3 aromatic rings. The van der Waals surface area contributed by atoms with Gasteiger partial charge in [0.15, 0.2) is 0 Å². The van der Waals surface area contributed by atoms with E-state index in [9.17, 15) is 18.3 Å². The highest BCUT2D eigenvalue weighted by Crippen LogP contribution is 2.37. The first-order valence-electron chi connectivity index (χ1n) is 14.1. The number of ether oxygens (including phenoxy) is 2. The highest BCUT2D eigenvalue weighted by atomic mass is 32.2. The summed E-state index contributed by atoms with van der Waals surface area (Å²) >= 11 is 0. The van der Waals surface area contributed by atoms with Crippen molar-refractivity contribution in [3.8, 4) is 22.6 Å². The number of anilines is 1. The number of amides is 2. The summed E-state index contributed by atoms with van der Waals surface area (Å²) in [5.74, 6) is 0.850. The van der Waals surface area contributed by atoms with Crippen molar-refractivity contribution in [1.82, 2.24) is 14.5 Å². The van der Waals surface area contributed by atoms with Gasteiger partial charge in [0, 0.05) is 38.1 Å². The van der Waals surface area contributed by atoms with Crippen molar-refractivity contribution in [2.24, 2.45) is 5.41 Å². The third kappa shape index (κ3) is 6.87. The molecule has 2 heterocycles. The minimum Gasteiger partial charge on any atom is -0.495 e. The number of sulfonamides is 1. The van der Waals surface area contributed by atoms with Gasteiger partial charge >= 0.3 is 6.03 Å². The molecule has 1 spiro atoms. The molecule has 2 aliphatic rings. The van der Waals surface area contributed by atoms with Gasteiger partial charge in [0.25, 0.3) is 0 Å². The lowest BCUT2D eigenvalue weighted by atomic mass is 9.78. The fourth-order valence-electron chi connectivity index (χ4n) is 5.70. The van der Waals surface area contributed by atoms with E-state index >= 15 is 0 Å². The van der Waals surface area contributed by atoms with E-state index in [0.717, 1.165) is 11.1 Å². The summed E-state index contributed by atoms with van der Waals surface area (Å²) < 4.78 is 40.9. The first kappa shape index (κ1) is 29.8. The Kier molecular flexibility index (Phi) is 9.02. The monoisotopic (exact) mass is 594 g/mol. The van der Waals surface area contributed by atoms with Crippen molar-refractivity contribution in [2.45, 2.75) is 23.8 Å². The summed E-state index contributed by atoms with van der Waals surface area (Å²) in [7, 11) is -0.467. The number of β-amino-alcohol motifs (C(OH)–C–C–N with tert-alkyl or cyclic N) is 1. The van der Waals surface area contributed by atoms with Crippen LogP contribution in [-0.2, 0) is 10.0 Å². The second-order valence-electron chi connectivity index (χ2n) is 11.1. The van der Waals surface area contributed by atoms with Gasteiger partial charge in [-0.2, -0.15) is 0 Å². The highest BCUT2D eigenvalue weighted by molar-refractivity contribution is 7.89. The number of rotatable bonds is 3. The number of fused-ring (bicyclic) bond motifs is 1. The van der Waals surface area contributed by atoms with Crippen LogP contribution in [0.3, 0.4) is 0 Å². The summed E-state index contributed by atoms with van der Waals surface area (Å²) in [4.78, 5) is 17.0. The van der Waals surface area contributed by atoms with Crippen molar-refractivity contribution >= 4 is 21.7 Å². The average molecular weight is 595 g/mol. The molecular formula is C31H38N4O6S. The van der Waals surface area contributed by atoms with Crippen LogP contribution in [0.5, 0.6) is 11.5 Å². The van der Waals surface area contributed by atoms with E-state index in [-0.39, 0.29) is 35.2 Å². The van der Waals surface area contributed by atoms with Gasteiger partial charge in [-0.3, -0.25) is 0 Å². The van der Waals surface area contributed by atoms with Gasteiger partial charge in [0.1, 0.15) is 16.4 Å². The van der Waals surface area contributed by atoms with Crippen molar-refractivity contribution in [2.75, 3.05) is 58.8 Å². The van der Waals surface area contributed by atoms with Gasteiger partial charge in [0.05, 0.1) is 25.5 Å². The number of hydrogen-bond donors (Lipinski definition) is 3. The van der Waals surface area contributed by atoms with E-state index in [2.05, 4.69) is 10.0 Å². The molecule has 1 saturated heterocycles. The molecule has 11 heteroatoms. The van der Waals surface area contributed by atoms with Crippen LogP contribution in [-0.4, -0.2) is 88.9 Å². The van der Waals surface area contributed by atoms with Crippen LogP contribution in [0.25, 0.3) is 11.1 Å². The smallest absolute Gasteiger partial charge is 0.321 e. The zero-order chi connectivity index (χ0) is 29.7. The number of hydrogen-bond acceptors (Lipinski definition) is 7. The standard InChI is InChI=1S/C31H38N4O6S/c1-34-20-25(36)19-32-42(38,39)29-13-12-24(23-8-4-3-5-9-23)18-28(29)41-22-31(21-34)14-16-35(17-15-31)30(37)33-26-10-6-7-11-27(26)40-2/h3-13,18,25,32,36H,14-17,19-22H2,1-2H3,(H,33,37). The Morgan fingerprint density at radius 3 is 2.50 bits per heavy atom. The molecule has 0 aliphatic carbocycles. The fraction of sp³-hybridized carbons (Fsp3) is 0.387. The summed E-state index contributed by atoms with van der Waals surface area (Å²) in [5, 5.41) is 13.6. The molecule has 3 N–H and O–H groups in total. The maximum atomic E-state index is 13.3. The highest BCUT2D eigenvalue weighted by Gasteiger charge is 2.39. The lowest BCUT2D eigenvalue weighted by Crippen LogP contribution is -2.52. The number of likely N-dealkylation sites (N-methyl/N-ethyl adjacent to an activating group) is 1. The molecule has 42 heavy (non-hydrogen) atoms. The Balaban J connectivity index is 1.39. The number of likely N-dealkylation sites (tertiary alicyclic amines) is 1. The number of nitrogens with one attached hydrogen (secondary N) is 2. The molecule has 1 atom stereocenters. The first-order chi connectivity index (χ1) is 20.2. The maximum absolute atomic E-state index is 13.3. The number of carbonyl (C=O) groups is 1. The second kappa shape index (κ2) is 12.7. The molecule has 2 amide bonds. The van der Waals surface area contributed by atoms with E-state index in [1.807, 2.05) is 54.4 Å². The average Bonchev–Trinajstić information content (AvgIpc) is 2.99. The van der Waals surface area contributed by atoms with Crippen molar-refractivity contribution in [3.05, 3.63) is 72.8 Å². The lowest BCUT2D eigenvalue weighted by molar-refractivity contribution is 0.0256. The van der Waals surface area contributed by atoms with Crippen LogP contribution >= 0.6 is 0 Å². The molecule has 2 aliphatic heterocycles. The Labute approximate surface area is 247 Å². The van der Waals surface area contributed by atoms with Crippen molar-refractivity contribution in [1.29, 1.82) is 0 Å². The van der Waals surface area contributed by atoms with E-state index in [1.54, 1.807) is 42.3 Å². The number of urea groups is 1. The van der Waals surface area contributed by atoms with Crippen molar-refractivity contribution < 1.29 is 27.8 Å². The zero-order valence-electron chi connectivity index (χ0n) is 24.0. The topological polar surface area (TPSA) is 120 Å². The molecule has 3 aromatic carbocycles. The van der Waals surface area contributed by atoms with Gasteiger partial charge in [-0.1, -0.05) is 48.5 Å². The number of benzene rings is 3. The molecule has 0 saturated carbocycles. The quantitative estimate of drug-likeness (QED) is 0.424. The molecule has 1 fully saturated rings. The second-order valence-corrected chi connectivity index (χ2v) is 12.9. The number of piperidine rings is 1. The Morgan fingerprint density at radius 2 is 1.76 bits per heavy atom. The fourth-order valence-corrected chi connectivity index (χ4v) is 6.90. The third-order valence-electron chi connectivity index (χ3n) is 7.97. The van der Waals surface area contributed by atoms with E-state index in [0.29, 0.717) is 50.5 Å². The van der Waals surface area contributed by atoms with Gasteiger partial charge in [-0.25, -0.2) is 17.9 Å². The number of aliphatic hydroxyl groups is 1. The van der Waals surface area contributed by atoms with Gasteiger partial charge < -0.3 is 29.7 Å². The summed E-state index contributed by atoms with van der Waals surface area (Å²) in [6.45, 7) is 2.05. The molecule has 0 bridgehead atoms. The number of para-hydroxylation sites is 2. The molecule has 10 nitrogen and oxygen atoms in total. The van der Waals surface area contributed by atoms with E-state index < -0.39 is 16.1 Å². The van der Waals surface area contributed by atoms with Crippen LogP contribution in [0, 0.1) is 5.41 Å². The predicted octanol–water partition coefficient (Wildman–Crippen LogP) is 3.64. The van der Waals surface area contributed by atoms with E-state index in [4.69, 9.17) is 9.47 Å². The van der Waals surface area contributed by atoms with E-state index in [1.165, 1.54) is 0 Å². The first-order valence-corrected chi connectivity index (χ1v) is 15.5. The minimum atomic E-state index is -3.94. The number of methoxy groups -OCH3 is 1. The normalized spacial score (nSPS) is 20.8. The molecule has 0 aromatic heterocycles. The summed E-state index contributed by atoms with van der Waals surface area (Å²) in [5.41, 5.74) is 2.02. The zero-order valence-corrected chi connectivity index (χ0v) is 24.8. The van der Waals surface area contributed by atoms with Gasteiger partial charge in [-0.05, 0) is 55.3 Å². The third-order valence-corrected chi connectivity index (χ3v) is 9.43. The molecule has 224 valence electrons. The molecule has 0 radical (unpaired) electrons. The van der Waals surface area contributed by atoms with Crippen LogP contribution in [0.15, 0.2) is 77.7 Å². The number of carbonyl (C=O) groups excluding carboxylic acids is 1. The minimum absolute atomic E-state index is 0.0343. The van der Waals surface area contributed by atoms with Crippen LogP contribution in [0.1, 0.15) is 12.8 Å². The summed E-state index contributed by atoms with van der Waals surface area (Å²) in [6, 6.07) is 21.9. The predicted molar refractivity (Wildman–Crippen MR) is 161 cm³/mol. The Morgan fingerprint density at radius 1 is 1.05 bits per heavy atom. The van der Waals surface area contributed by atoms with Gasteiger partial charge in [-0.15, -0.1) is 0 Å². The number of aliphatic hydroxyl groups excluding tert-OH is 1. The maximum Gasteiger partial charge on any atom is 0.321 e.